The Balaban J connectivity index is 1.79. The molecule has 1 aliphatic rings. The normalized spacial score (nSPS) is 16.7. The average Bonchev–Trinajstić information content (AvgIpc) is 2.45. The maximum Gasteiger partial charge on any atom is 0.224 e. The van der Waals surface area contributed by atoms with Crippen LogP contribution in [0.15, 0.2) is 24.3 Å². The van der Waals surface area contributed by atoms with Crippen molar-refractivity contribution in [2.24, 2.45) is 5.92 Å². The lowest BCUT2D eigenvalue weighted by atomic mass is 10.0. The summed E-state index contributed by atoms with van der Waals surface area (Å²) in [5.41, 5.74) is 0.872. The highest BCUT2D eigenvalue weighted by Gasteiger charge is 2.14. The standard InChI is InChI=1S/C14H16ClN3O/c15-14-17-12-4-2-1-3-11(12)13(18-14)16-9-10-5-7-19-8-6-10/h1-4,10H,5-9H2,(H,16,17,18). The number of hydrogen-bond donors (Lipinski definition) is 1. The summed E-state index contributed by atoms with van der Waals surface area (Å²) in [6, 6.07) is 7.90. The summed E-state index contributed by atoms with van der Waals surface area (Å²) < 4.78 is 5.37. The van der Waals surface area contributed by atoms with Crippen molar-refractivity contribution >= 4 is 28.3 Å². The van der Waals surface area contributed by atoms with Crippen LogP contribution in [0.3, 0.4) is 0 Å². The number of aromatic nitrogens is 2. The molecule has 19 heavy (non-hydrogen) atoms. The summed E-state index contributed by atoms with van der Waals surface area (Å²) >= 11 is 5.96. The first-order valence-corrected chi connectivity index (χ1v) is 6.94. The number of hydrogen-bond acceptors (Lipinski definition) is 4. The van der Waals surface area contributed by atoms with Crippen LogP contribution in [0.5, 0.6) is 0 Å². The van der Waals surface area contributed by atoms with E-state index < -0.39 is 0 Å². The molecule has 1 fully saturated rings. The monoisotopic (exact) mass is 277 g/mol. The van der Waals surface area contributed by atoms with Crippen LogP contribution in [0.25, 0.3) is 10.9 Å². The van der Waals surface area contributed by atoms with Crippen LogP contribution < -0.4 is 5.32 Å². The van der Waals surface area contributed by atoms with Gasteiger partial charge in [-0.2, -0.15) is 0 Å². The van der Waals surface area contributed by atoms with Crippen molar-refractivity contribution in [2.75, 3.05) is 25.1 Å². The lowest BCUT2D eigenvalue weighted by Crippen LogP contribution is -2.23. The molecule has 0 bridgehead atoms. The Morgan fingerprint density at radius 1 is 1.21 bits per heavy atom. The molecule has 1 aliphatic heterocycles. The molecule has 0 spiro atoms. The molecule has 2 aromatic rings. The first-order valence-electron chi connectivity index (χ1n) is 6.57. The smallest absolute Gasteiger partial charge is 0.224 e. The maximum atomic E-state index is 5.96. The number of rotatable bonds is 3. The maximum absolute atomic E-state index is 5.96. The molecule has 3 rings (SSSR count). The van der Waals surface area contributed by atoms with Crippen LogP contribution in [-0.4, -0.2) is 29.7 Å². The molecule has 2 heterocycles. The number of nitrogens with zero attached hydrogens (tertiary/aromatic N) is 2. The van der Waals surface area contributed by atoms with Crippen molar-refractivity contribution in [1.82, 2.24) is 9.97 Å². The van der Waals surface area contributed by atoms with Gasteiger partial charge in [-0.25, -0.2) is 9.97 Å². The average molecular weight is 278 g/mol. The van der Waals surface area contributed by atoms with Gasteiger partial charge in [0.15, 0.2) is 0 Å². The van der Waals surface area contributed by atoms with E-state index in [1.165, 1.54) is 0 Å². The van der Waals surface area contributed by atoms with E-state index in [0.29, 0.717) is 5.92 Å². The first kappa shape index (κ1) is 12.6. The van der Waals surface area contributed by atoms with Crippen molar-refractivity contribution in [2.45, 2.75) is 12.8 Å². The van der Waals surface area contributed by atoms with Crippen molar-refractivity contribution in [1.29, 1.82) is 0 Å². The summed E-state index contributed by atoms with van der Waals surface area (Å²) in [7, 11) is 0. The second-order valence-corrected chi connectivity index (χ2v) is 5.13. The lowest BCUT2D eigenvalue weighted by Gasteiger charge is -2.22. The summed E-state index contributed by atoms with van der Waals surface area (Å²) in [5.74, 6) is 1.46. The van der Waals surface area contributed by atoms with Gasteiger partial charge < -0.3 is 10.1 Å². The third-order valence-electron chi connectivity index (χ3n) is 3.47. The van der Waals surface area contributed by atoms with Crippen LogP contribution in [-0.2, 0) is 4.74 Å². The summed E-state index contributed by atoms with van der Waals surface area (Å²) in [5, 5.41) is 4.71. The molecule has 1 aromatic heterocycles. The number of ether oxygens (including phenoxy) is 1. The van der Waals surface area contributed by atoms with E-state index in [1.807, 2.05) is 24.3 Å². The Bertz CT molecular complexity index is 570. The molecule has 0 radical (unpaired) electrons. The Labute approximate surface area is 117 Å². The molecule has 0 atom stereocenters. The zero-order chi connectivity index (χ0) is 13.1. The molecular weight excluding hydrogens is 262 g/mol. The molecular formula is C14H16ClN3O. The van der Waals surface area contributed by atoms with Crippen molar-refractivity contribution in [3.63, 3.8) is 0 Å². The largest absolute Gasteiger partial charge is 0.381 e. The highest BCUT2D eigenvalue weighted by molar-refractivity contribution is 6.28. The van der Waals surface area contributed by atoms with Gasteiger partial charge in [-0.15, -0.1) is 0 Å². The lowest BCUT2D eigenvalue weighted by molar-refractivity contribution is 0.0699. The van der Waals surface area contributed by atoms with E-state index in [9.17, 15) is 0 Å². The van der Waals surface area contributed by atoms with Crippen LogP contribution in [0.4, 0.5) is 5.82 Å². The molecule has 100 valence electrons. The van der Waals surface area contributed by atoms with Gasteiger partial charge in [0.05, 0.1) is 5.52 Å². The Morgan fingerprint density at radius 2 is 2.00 bits per heavy atom. The minimum Gasteiger partial charge on any atom is -0.381 e. The third kappa shape index (κ3) is 2.96. The minimum atomic E-state index is 0.285. The van der Waals surface area contributed by atoms with Crippen molar-refractivity contribution in [3.05, 3.63) is 29.5 Å². The quantitative estimate of drug-likeness (QED) is 0.876. The van der Waals surface area contributed by atoms with Gasteiger partial charge in [-0.05, 0) is 42.5 Å². The molecule has 0 unspecified atom stereocenters. The number of halogens is 1. The first-order chi connectivity index (χ1) is 9.33. The van der Waals surface area contributed by atoms with Gasteiger partial charge in [0.2, 0.25) is 5.28 Å². The molecule has 1 saturated heterocycles. The predicted molar refractivity (Wildman–Crippen MR) is 76.6 cm³/mol. The summed E-state index contributed by atoms with van der Waals surface area (Å²) in [6.07, 6.45) is 2.20. The number of benzene rings is 1. The van der Waals surface area contributed by atoms with E-state index in [1.54, 1.807) is 0 Å². The predicted octanol–water partition coefficient (Wildman–Crippen LogP) is 3.12. The second kappa shape index (κ2) is 5.72. The molecule has 1 N–H and O–H groups in total. The number of anilines is 1. The molecule has 0 saturated carbocycles. The van der Waals surface area contributed by atoms with Crippen LogP contribution in [0, 0.1) is 5.92 Å². The molecule has 4 nitrogen and oxygen atoms in total. The summed E-state index contributed by atoms with van der Waals surface area (Å²) in [4.78, 5) is 8.52. The molecule has 0 aliphatic carbocycles. The second-order valence-electron chi connectivity index (χ2n) is 4.80. The topological polar surface area (TPSA) is 47.0 Å². The number of nitrogens with one attached hydrogen (secondary N) is 1. The van der Waals surface area contributed by atoms with E-state index >= 15 is 0 Å². The van der Waals surface area contributed by atoms with Gasteiger partial charge in [-0.1, -0.05) is 12.1 Å². The van der Waals surface area contributed by atoms with Gasteiger partial charge >= 0.3 is 0 Å². The fourth-order valence-electron chi connectivity index (χ4n) is 2.37. The summed E-state index contributed by atoms with van der Waals surface area (Å²) in [6.45, 7) is 2.62. The zero-order valence-corrected chi connectivity index (χ0v) is 11.4. The number of para-hydroxylation sites is 1. The van der Waals surface area contributed by atoms with E-state index in [0.717, 1.165) is 49.3 Å². The fraction of sp³-hybridized carbons (Fsp3) is 0.429. The fourth-order valence-corrected chi connectivity index (χ4v) is 2.55. The zero-order valence-electron chi connectivity index (χ0n) is 10.6. The molecule has 1 aromatic carbocycles. The van der Waals surface area contributed by atoms with Crippen molar-refractivity contribution in [3.8, 4) is 0 Å². The highest BCUT2D eigenvalue weighted by Crippen LogP contribution is 2.23. The van der Waals surface area contributed by atoms with E-state index in [4.69, 9.17) is 16.3 Å². The number of fused-ring (bicyclic) bond motifs is 1. The Kier molecular flexibility index (Phi) is 3.80. The Hall–Kier alpha value is -1.39. The molecule has 0 amide bonds. The van der Waals surface area contributed by atoms with Crippen molar-refractivity contribution < 1.29 is 4.74 Å². The third-order valence-corrected chi connectivity index (χ3v) is 3.64. The van der Waals surface area contributed by atoms with Gasteiger partial charge in [0, 0.05) is 25.1 Å². The van der Waals surface area contributed by atoms with E-state index in [-0.39, 0.29) is 5.28 Å². The minimum absolute atomic E-state index is 0.285. The van der Waals surface area contributed by atoms with Gasteiger partial charge in [0.25, 0.3) is 0 Å². The Morgan fingerprint density at radius 3 is 2.84 bits per heavy atom. The highest BCUT2D eigenvalue weighted by atomic mass is 35.5. The van der Waals surface area contributed by atoms with Crippen LogP contribution in [0.1, 0.15) is 12.8 Å². The van der Waals surface area contributed by atoms with Crippen LogP contribution in [0.2, 0.25) is 5.28 Å². The van der Waals surface area contributed by atoms with Gasteiger partial charge in [0.1, 0.15) is 5.82 Å². The van der Waals surface area contributed by atoms with E-state index in [2.05, 4.69) is 15.3 Å². The molecule has 5 heteroatoms. The van der Waals surface area contributed by atoms with Gasteiger partial charge in [-0.3, -0.25) is 0 Å². The van der Waals surface area contributed by atoms with Crippen LogP contribution >= 0.6 is 11.6 Å². The SMILES string of the molecule is Clc1nc(NCC2CCOCC2)c2ccccc2n1.